The third kappa shape index (κ3) is 5.58. The third-order valence-corrected chi connectivity index (χ3v) is 4.67. The molecule has 0 heterocycles. The van der Waals surface area contributed by atoms with E-state index in [0.29, 0.717) is 11.8 Å². The summed E-state index contributed by atoms with van der Waals surface area (Å²) in [5.41, 5.74) is 1.27. The minimum atomic E-state index is -0.0183. The molecule has 0 spiro atoms. The Balaban J connectivity index is 2.46. The highest BCUT2D eigenvalue weighted by Gasteiger charge is 2.22. The first-order chi connectivity index (χ1) is 9.41. The van der Waals surface area contributed by atoms with Crippen molar-refractivity contribution in [2.24, 2.45) is 11.8 Å². The Morgan fingerprint density at radius 2 is 1.60 bits per heavy atom. The molecule has 0 saturated carbocycles. The molecule has 0 unspecified atom stereocenters. The largest absolute Gasteiger partial charge is 0.352 e. The Kier molecular flexibility index (Phi) is 7.14. The van der Waals surface area contributed by atoms with Gasteiger partial charge in [0.2, 0.25) is 5.91 Å². The van der Waals surface area contributed by atoms with Crippen molar-refractivity contribution in [2.45, 2.75) is 51.7 Å². The van der Waals surface area contributed by atoms with Crippen LogP contribution in [0.2, 0.25) is 0 Å². The van der Waals surface area contributed by atoms with Crippen molar-refractivity contribution >= 4 is 17.7 Å². The third-order valence-electron chi connectivity index (χ3n) is 3.46. The molecule has 0 aromatic heterocycles. The highest BCUT2D eigenvalue weighted by molar-refractivity contribution is 7.99. The van der Waals surface area contributed by atoms with Gasteiger partial charge in [0.1, 0.15) is 0 Å². The van der Waals surface area contributed by atoms with Crippen LogP contribution in [0.25, 0.3) is 0 Å². The standard InChI is InChI=1S/C17H27NOS/c1-12(2)16(13(3)4)18-17(19)14(5)20-11-15-9-7-6-8-10-15/h6-10,12-14,16H,11H2,1-5H3,(H,18,19)/t14-/m1/s1. The monoisotopic (exact) mass is 293 g/mol. The van der Waals surface area contributed by atoms with Crippen LogP contribution in [0.4, 0.5) is 0 Å². The maximum Gasteiger partial charge on any atom is 0.233 e. The van der Waals surface area contributed by atoms with E-state index in [4.69, 9.17) is 0 Å². The van der Waals surface area contributed by atoms with Gasteiger partial charge in [-0.1, -0.05) is 58.0 Å². The van der Waals surface area contributed by atoms with E-state index in [9.17, 15) is 4.79 Å². The molecular formula is C17H27NOS. The van der Waals surface area contributed by atoms with Crippen molar-refractivity contribution in [1.29, 1.82) is 0 Å². The van der Waals surface area contributed by atoms with E-state index in [-0.39, 0.29) is 17.2 Å². The van der Waals surface area contributed by atoms with Gasteiger partial charge >= 0.3 is 0 Å². The molecule has 2 nitrogen and oxygen atoms in total. The number of carbonyl (C=O) groups is 1. The Hall–Kier alpha value is -0.960. The molecule has 0 aliphatic heterocycles. The zero-order chi connectivity index (χ0) is 15.1. The van der Waals surface area contributed by atoms with Crippen molar-refractivity contribution in [2.75, 3.05) is 0 Å². The van der Waals surface area contributed by atoms with Gasteiger partial charge in [-0.3, -0.25) is 4.79 Å². The van der Waals surface area contributed by atoms with Crippen molar-refractivity contribution in [3.63, 3.8) is 0 Å². The SMILES string of the molecule is CC(C)C(NC(=O)[C@@H](C)SCc1ccccc1)C(C)C. The molecule has 0 saturated heterocycles. The maximum atomic E-state index is 12.3. The number of hydrogen-bond acceptors (Lipinski definition) is 2. The molecular weight excluding hydrogens is 266 g/mol. The van der Waals surface area contributed by atoms with Crippen LogP contribution in [0, 0.1) is 11.8 Å². The smallest absolute Gasteiger partial charge is 0.233 e. The Labute approximate surface area is 127 Å². The van der Waals surface area contributed by atoms with Crippen LogP contribution in [0.3, 0.4) is 0 Å². The van der Waals surface area contributed by atoms with Gasteiger partial charge in [-0.05, 0) is 24.3 Å². The Bertz CT molecular complexity index is 395. The first-order valence-corrected chi connectivity index (χ1v) is 8.42. The molecule has 3 heteroatoms. The van der Waals surface area contributed by atoms with Crippen molar-refractivity contribution in [3.8, 4) is 0 Å². The second kappa shape index (κ2) is 8.35. The summed E-state index contributed by atoms with van der Waals surface area (Å²) in [6.07, 6.45) is 0. The van der Waals surface area contributed by atoms with E-state index in [2.05, 4.69) is 45.1 Å². The first-order valence-electron chi connectivity index (χ1n) is 7.37. The second-order valence-corrected chi connectivity index (χ2v) is 7.29. The fraction of sp³-hybridized carbons (Fsp3) is 0.588. The van der Waals surface area contributed by atoms with Crippen molar-refractivity contribution in [1.82, 2.24) is 5.32 Å². The van der Waals surface area contributed by atoms with Crippen molar-refractivity contribution < 1.29 is 4.79 Å². The molecule has 20 heavy (non-hydrogen) atoms. The summed E-state index contributed by atoms with van der Waals surface area (Å²) < 4.78 is 0. The number of benzene rings is 1. The highest BCUT2D eigenvalue weighted by Crippen LogP contribution is 2.19. The van der Waals surface area contributed by atoms with Gasteiger partial charge in [0.25, 0.3) is 0 Å². The van der Waals surface area contributed by atoms with E-state index < -0.39 is 0 Å². The zero-order valence-corrected chi connectivity index (χ0v) is 14.0. The molecule has 1 aromatic carbocycles. The van der Waals surface area contributed by atoms with E-state index in [1.807, 2.05) is 25.1 Å². The molecule has 1 rings (SSSR count). The van der Waals surface area contributed by atoms with E-state index in [1.165, 1.54) is 5.56 Å². The zero-order valence-electron chi connectivity index (χ0n) is 13.2. The molecule has 0 radical (unpaired) electrons. The number of nitrogens with one attached hydrogen (secondary N) is 1. The van der Waals surface area contributed by atoms with Gasteiger partial charge in [-0.2, -0.15) is 0 Å². The molecule has 1 amide bonds. The molecule has 1 N–H and O–H groups in total. The van der Waals surface area contributed by atoms with Crippen LogP contribution in [-0.4, -0.2) is 17.2 Å². The van der Waals surface area contributed by atoms with Crippen LogP contribution in [0.1, 0.15) is 40.2 Å². The lowest BCUT2D eigenvalue weighted by atomic mass is 9.93. The van der Waals surface area contributed by atoms with E-state index in [1.54, 1.807) is 11.8 Å². The fourth-order valence-electron chi connectivity index (χ4n) is 2.26. The summed E-state index contributed by atoms with van der Waals surface area (Å²) in [6, 6.07) is 10.5. The lowest BCUT2D eigenvalue weighted by molar-refractivity contribution is -0.121. The minimum absolute atomic E-state index is 0.0183. The number of thioether (sulfide) groups is 1. The summed E-state index contributed by atoms with van der Waals surface area (Å²) in [4.78, 5) is 12.3. The van der Waals surface area contributed by atoms with Gasteiger partial charge in [-0.25, -0.2) is 0 Å². The molecule has 0 bridgehead atoms. The van der Waals surface area contributed by atoms with Crippen LogP contribution in [0.15, 0.2) is 30.3 Å². The van der Waals surface area contributed by atoms with Gasteiger partial charge in [-0.15, -0.1) is 11.8 Å². The van der Waals surface area contributed by atoms with Gasteiger partial charge in [0.15, 0.2) is 0 Å². The van der Waals surface area contributed by atoms with E-state index in [0.717, 1.165) is 5.75 Å². The average Bonchev–Trinajstić information content (AvgIpc) is 2.42. The number of amides is 1. The molecule has 1 aromatic rings. The molecule has 112 valence electrons. The highest BCUT2D eigenvalue weighted by atomic mass is 32.2. The summed E-state index contributed by atoms with van der Waals surface area (Å²) >= 11 is 1.69. The molecule has 0 fully saturated rings. The topological polar surface area (TPSA) is 29.1 Å². The quantitative estimate of drug-likeness (QED) is 0.820. The Morgan fingerprint density at radius 3 is 2.10 bits per heavy atom. The second-order valence-electron chi connectivity index (χ2n) is 5.96. The van der Waals surface area contributed by atoms with Crippen LogP contribution in [0.5, 0.6) is 0 Å². The Morgan fingerprint density at radius 1 is 1.05 bits per heavy atom. The maximum absolute atomic E-state index is 12.3. The summed E-state index contributed by atoms with van der Waals surface area (Å²) in [5, 5.41) is 3.17. The molecule has 0 aliphatic rings. The lowest BCUT2D eigenvalue weighted by Crippen LogP contribution is -2.45. The molecule has 0 aliphatic carbocycles. The van der Waals surface area contributed by atoms with Crippen LogP contribution >= 0.6 is 11.8 Å². The molecule has 1 atom stereocenters. The number of rotatable bonds is 7. The van der Waals surface area contributed by atoms with Crippen molar-refractivity contribution in [3.05, 3.63) is 35.9 Å². The average molecular weight is 293 g/mol. The fourth-order valence-corrected chi connectivity index (χ4v) is 3.11. The predicted octanol–water partition coefficient (Wildman–Crippen LogP) is 4.11. The summed E-state index contributed by atoms with van der Waals surface area (Å²) in [7, 11) is 0. The normalized spacial score (nSPS) is 13.0. The van der Waals surface area contributed by atoms with Gasteiger partial charge in [0, 0.05) is 11.8 Å². The van der Waals surface area contributed by atoms with Crippen LogP contribution < -0.4 is 5.32 Å². The van der Waals surface area contributed by atoms with Gasteiger partial charge in [0.05, 0.1) is 5.25 Å². The van der Waals surface area contributed by atoms with Crippen LogP contribution in [-0.2, 0) is 10.5 Å². The van der Waals surface area contributed by atoms with E-state index >= 15 is 0 Å². The number of carbonyl (C=O) groups excluding carboxylic acids is 1. The predicted molar refractivity (Wildman–Crippen MR) is 88.8 cm³/mol. The number of hydrogen-bond donors (Lipinski definition) is 1. The first kappa shape index (κ1) is 17.1. The lowest BCUT2D eigenvalue weighted by Gasteiger charge is -2.27. The van der Waals surface area contributed by atoms with Gasteiger partial charge < -0.3 is 5.32 Å². The minimum Gasteiger partial charge on any atom is -0.352 e. The summed E-state index contributed by atoms with van der Waals surface area (Å²) in [6.45, 7) is 10.6. The summed E-state index contributed by atoms with van der Waals surface area (Å²) in [5.74, 6) is 1.96.